The molecule has 0 unspecified atom stereocenters. The first-order chi connectivity index (χ1) is 13.2. The number of likely N-dealkylation sites (tertiary alicyclic amines) is 1. The summed E-state index contributed by atoms with van der Waals surface area (Å²) in [6.45, 7) is 5.87. The second kappa shape index (κ2) is 8.19. The highest BCUT2D eigenvalue weighted by molar-refractivity contribution is 5.82. The van der Waals surface area contributed by atoms with Gasteiger partial charge in [0.15, 0.2) is 0 Å². The smallest absolute Gasteiger partial charge is 0.237 e. The number of amides is 1. The van der Waals surface area contributed by atoms with Crippen LogP contribution >= 0.6 is 0 Å². The lowest BCUT2D eigenvalue weighted by atomic mass is 9.92. The van der Waals surface area contributed by atoms with Crippen LogP contribution in [0, 0.1) is 5.92 Å². The molecule has 27 heavy (non-hydrogen) atoms. The van der Waals surface area contributed by atoms with Crippen LogP contribution in [0.5, 0.6) is 0 Å². The Labute approximate surface area is 161 Å². The molecule has 1 fully saturated rings. The summed E-state index contributed by atoms with van der Waals surface area (Å²) in [5.41, 5.74) is 3.70. The van der Waals surface area contributed by atoms with Gasteiger partial charge in [-0.15, -0.1) is 0 Å². The van der Waals surface area contributed by atoms with Crippen molar-refractivity contribution in [3.05, 3.63) is 65.5 Å². The topological polar surface area (TPSA) is 57.3 Å². The maximum atomic E-state index is 12.8. The van der Waals surface area contributed by atoms with Gasteiger partial charge < -0.3 is 10.6 Å². The quantitative estimate of drug-likeness (QED) is 0.873. The van der Waals surface area contributed by atoms with E-state index in [2.05, 4.69) is 57.8 Å². The predicted octanol–water partition coefficient (Wildman–Crippen LogP) is 2.12. The minimum absolute atomic E-state index is 0.126. The number of hydrogen-bond donors (Lipinski definition) is 2. The minimum atomic E-state index is -0.126. The van der Waals surface area contributed by atoms with Crippen molar-refractivity contribution >= 4 is 5.91 Å². The number of carbonyl (C=O) groups excluding carboxylic acids is 1. The van der Waals surface area contributed by atoms with Gasteiger partial charge in [-0.2, -0.15) is 0 Å². The van der Waals surface area contributed by atoms with Crippen molar-refractivity contribution < 1.29 is 4.79 Å². The molecule has 0 spiro atoms. The van der Waals surface area contributed by atoms with Gasteiger partial charge in [-0.1, -0.05) is 37.3 Å². The fourth-order valence-corrected chi connectivity index (χ4v) is 4.23. The fourth-order valence-electron chi connectivity index (χ4n) is 4.23. The van der Waals surface area contributed by atoms with Crippen LogP contribution in [0.3, 0.4) is 0 Å². The van der Waals surface area contributed by atoms with Gasteiger partial charge in [-0.25, -0.2) is 0 Å². The monoisotopic (exact) mass is 364 g/mol. The van der Waals surface area contributed by atoms with Gasteiger partial charge in [0.2, 0.25) is 5.91 Å². The Hall–Kier alpha value is -2.24. The van der Waals surface area contributed by atoms with Crippen molar-refractivity contribution in [2.24, 2.45) is 5.92 Å². The molecule has 142 valence electrons. The molecular weight excluding hydrogens is 336 g/mol. The molecule has 2 aliphatic heterocycles. The highest BCUT2D eigenvalue weighted by atomic mass is 16.2. The Morgan fingerprint density at radius 2 is 2.04 bits per heavy atom. The molecule has 3 heterocycles. The number of hydrogen-bond acceptors (Lipinski definition) is 4. The number of benzene rings is 1. The van der Waals surface area contributed by atoms with Crippen molar-refractivity contribution in [1.82, 2.24) is 20.5 Å². The number of carbonyl (C=O) groups is 1. The Bertz CT molecular complexity index is 779. The lowest BCUT2D eigenvalue weighted by molar-refractivity contribution is -0.124. The molecule has 1 aromatic carbocycles. The van der Waals surface area contributed by atoms with E-state index in [1.54, 1.807) is 0 Å². The van der Waals surface area contributed by atoms with Gasteiger partial charge in [0, 0.05) is 38.4 Å². The lowest BCUT2D eigenvalue weighted by Gasteiger charge is -2.38. The second-order valence-electron chi connectivity index (χ2n) is 7.84. The van der Waals surface area contributed by atoms with E-state index in [4.69, 9.17) is 0 Å². The van der Waals surface area contributed by atoms with Gasteiger partial charge in [-0.3, -0.25) is 14.7 Å². The number of piperidine rings is 1. The molecule has 2 N–H and O–H groups in total. The van der Waals surface area contributed by atoms with Crippen molar-refractivity contribution in [2.75, 3.05) is 13.1 Å². The molecule has 2 aromatic rings. The molecule has 1 saturated heterocycles. The number of pyridine rings is 1. The van der Waals surface area contributed by atoms with Gasteiger partial charge in [0.05, 0.1) is 11.7 Å². The van der Waals surface area contributed by atoms with Gasteiger partial charge in [0.1, 0.15) is 0 Å². The molecular formula is C22H28N4O. The van der Waals surface area contributed by atoms with Crippen LogP contribution in [0.25, 0.3) is 0 Å². The summed E-state index contributed by atoms with van der Waals surface area (Å²) in [7, 11) is 0. The molecule has 5 nitrogen and oxygen atoms in total. The molecule has 3 atom stereocenters. The van der Waals surface area contributed by atoms with Crippen molar-refractivity contribution in [1.29, 1.82) is 0 Å². The zero-order valence-corrected chi connectivity index (χ0v) is 15.9. The Morgan fingerprint density at radius 1 is 1.22 bits per heavy atom. The standard InChI is InChI=1S/C22H28N4O/c1-16-14-26(15-19-8-4-5-10-23-19)11-9-20(16)25-22(27)21-12-17-6-2-3-7-18(17)13-24-21/h2-8,10,16,20-21,24H,9,11-15H2,1H3,(H,25,27)/t16-,20-,21-/m1/s1. The molecule has 0 radical (unpaired) electrons. The predicted molar refractivity (Wildman–Crippen MR) is 106 cm³/mol. The van der Waals surface area contributed by atoms with Crippen LogP contribution in [0.1, 0.15) is 30.2 Å². The van der Waals surface area contributed by atoms with E-state index >= 15 is 0 Å². The van der Waals surface area contributed by atoms with E-state index in [0.717, 1.165) is 44.7 Å². The summed E-state index contributed by atoms with van der Waals surface area (Å²) >= 11 is 0. The molecule has 2 aliphatic rings. The third kappa shape index (κ3) is 4.37. The average molecular weight is 364 g/mol. The van der Waals surface area contributed by atoms with E-state index in [0.29, 0.717) is 5.92 Å². The number of nitrogens with zero attached hydrogens (tertiary/aromatic N) is 2. The highest BCUT2D eigenvalue weighted by Gasteiger charge is 2.30. The van der Waals surface area contributed by atoms with Gasteiger partial charge in [0.25, 0.3) is 0 Å². The minimum Gasteiger partial charge on any atom is -0.352 e. The number of rotatable bonds is 4. The summed E-state index contributed by atoms with van der Waals surface area (Å²) in [4.78, 5) is 19.7. The molecule has 0 saturated carbocycles. The molecule has 0 aliphatic carbocycles. The number of nitrogens with one attached hydrogen (secondary N) is 2. The lowest BCUT2D eigenvalue weighted by Crippen LogP contribution is -2.55. The zero-order chi connectivity index (χ0) is 18.6. The summed E-state index contributed by atoms with van der Waals surface area (Å²) in [6.07, 6.45) is 3.61. The fraction of sp³-hybridized carbons (Fsp3) is 0.455. The van der Waals surface area contributed by atoms with Crippen molar-refractivity contribution in [2.45, 2.75) is 44.9 Å². The van der Waals surface area contributed by atoms with Crippen LogP contribution < -0.4 is 10.6 Å². The van der Waals surface area contributed by atoms with Gasteiger partial charge >= 0.3 is 0 Å². The maximum Gasteiger partial charge on any atom is 0.237 e. The third-order valence-corrected chi connectivity index (χ3v) is 5.83. The SMILES string of the molecule is C[C@@H]1CN(Cc2ccccn2)CC[C@H]1NC(=O)[C@H]1Cc2ccccc2CN1. The van der Waals surface area contributed by atoms with Crippen LogP contribution in [0.2, 0.25) is 0 Å². The van der Waals surface area contributed by atoms with E-state index < -0.39 is 0 Å². The van der Waals surface area contributed by atoms with E-state index in [1.807, 2.05) is 18.3 Å². The van der Waals surface area contributed by atoms with Crippen molar-refractivity contribution in [3.8, 4) is 0 Å². The van der Waals surface area contributed by atoms with E-state index in [1.165, 1.54) is 11.1 Å². The zero-order valence-electron chi connectivity index (χ0n) is 15.9. The van der Waals surface area contributed by atoms with Gasteiger partial charge in [-0.05, 0) is 42.0 Å². The molecule has 5 heteroatoms. The first-order valence-electron chi connectivity index (χ1n) is 9.92. The normalized spacial score (nSPS) is 25.6. The summed E-state index contributed by atoms with van der Waals surface area (Å²) in [6, 6.07) is 14.6. The molecule has 4 rings (SSSR count). The largest absolute Gasteiger partial charge is 0.352 e. The summed E-state index contributed by atoms with van der Waals surface area (Å²) < 4.78 is 0. The second-order valence-corrected chi connectivity index (χ2v) is 7.84. The van der Waals surface area contributed by atoms with E-state index in [-0.39, 0.29) is 18.0 Å². The molecule has 1 aromatic heterocycles. The van der Waals surface area contributed by atoms with Crippen molar-refractivity contribution in [3.63, 3.8) is 0 Å². The highest BCUT2D eigenvalue weighted by Crippen LogP contribution is 2.20. The van der Waals surface area contributed by atoms with Crippen LogP contribution in [0.15, 0.2) is 48.7 Å². The number of aromatic nitrogens is 1. The Balaban J connectivity index is 1.29. The van der Waals surface area contributed by atoms with Crippen LogP contribution in [0.4, 0.5) is 0 Å². The Morgan fingerprint density at radius 3 is 2.81 bits per heavy atom. The Kier molecular flexibility index (Phi) is 5.50. The number of fused-ring (bicyclic) bond motifs is 1. The average Bonchev–Trinajstić information content (AvgIpc) is 2.70. The summed E-state index contributed by atoms with van der Waals surface area (Å²) in [5, 5.41) is 6.70. The van der Waals surface area contributed by atoms with Crippen LogP contribution in [-0.2, 0) is 24.3 Å². The van der Waals surface area contributed by atoms with Crippen LogP contribution in [-0.4, -0.2) is 41.0 Å². The molecule has 1 amide bonds. The first-order valence-corrected chi connectivity index (χ1v) is 9.92. The maximum absolute atomic E-state index is 12.8. The third-order valence-electron chi connectivity index (χ3n) is 5.83. The first kappa shape index (κ1) is 18.1. The summed E-state index contributed by atoms with van der Waals surface area (Å²) in [5.74, 6) is 0.571. The molecule has 0 bridgehead atoms. The van der Waals surface area contributed by atoms with E-state index in [9.17, 15) is 4.79 Å².